The molecule has 2 aromatic rings. The van der Waals surface area contributed by atoms with E-state index in [0.29, 0.717) is 24.6 Å². The lowest BCUT2D eigenvalue weighted by atomic mass is 10.0. The summed E-state index contributed by atoms with van der Waals surface area (Å²) in [5, 5.41) is 0. The van der Waals surface area contributed by atoms with Gasteiger partial charge < -0.3 is 9.64 Å². The molecule has 0 spiro atoms. The third-order valence-corrected chi connectivity index (χ3v) is 3.61. The van der Waals surface area contributed by atoms with Crippen molar-refractivity contribution in [2.45, 2.75) is 19.8 Å². The summed E-state index contributed by atoms with van der Waals surface area (Å²) in [6, 6.07) is 17.5. The Bertz CT molecular complexity index is 591. The van der Waals surface area contributed by atoms with Gasteiger partial charge in [-0.15, -0.1) is 0 Å². The highest BCUT2D eigenvalue weighted by Gasteiger charge is 2.11. The minimum absolute atomic E-state index is 0.0203. The van der Waals surface area contributed by atoms with Gasteiger partial charge in [-0.1, -0.05) is 44.2 Å². The van der Waals surface area contributed by atoms with E-state index in [-0.39, 0.29) is 5.91 Å². The van der Waals surface area contributed by atoms with Crippen LogP contribution in [0.1, 0.15) is 35.7 Å². The number of benzene rings is 2. The number of nitrogens with zero attached hydrogens (tertiary/aromatic N) is 1. The molecule has 0 bridgehead atoms. The lowest BCUT2D eigenvalue weighted by molar-refractivity contribution is 0.0774. The standard InChI is InChI=1S/C19H23NO2/c1-15(2)16-9-11-17(12-10-16)19(21)20(3)13-14-22-18-7-5-4-6-8-18/h4-12,15H,13-14H2,1-3H3. The molecule has 0 aliphatic rings. The molecule has 0 aliphatic carbocycles. The molecule has 2 rings (SSSR count). The minimum Gasteiger partial charge on any atom is -0.492 e. The van der Waals surface area contributed by atoms with Crippen molar-refractivity contribution in [1.82, 2.24) is 4.90 Å². The van der Waals surface area contributed by atoms with Crippen molar-refractivity contribution in [2.75, 3.05) is 20.2 Å². The zero-order valence-corrected chi connectivity index (χ0v) is 13.5. The van der Waals surface area contributed by atoms with Gasteiger partial charge in [0.15, 0.2) is 0 Å². The van der Waals surface area contributed by atoms with Crippen molar-refractivity contribution in [2.24, 2.45) is 0 Å². The highest BCUT2D eigenvalue weighted by Crippen LogP contribution is 2.15. The molecular formula is C19H23NO2. The largest absolute Gasteiger partial charge is 0.492 e. The molecule has 22 heavy (non-hydrogen) atoms. The molecule has 0 saturated carbocycles. The number of hydrogen-bond donors (Lipinski definition) is 0. The van der Waals surface area contributed by atoms with Crippen molar-refractivity contribution in [3.8, 4) is 5.75 Å². The number of ether oxygens (including phenoxy) is 1. The Hall–Kier alpha value is -2.29. The van der Waals surface area contributed by atoms with Crippen molar-refractivity contribution in [3.63, 3.8) is 0 Å². The molecule has 1 amide bonds. The van der Waals surface area contributed by atoms with E-state index in [9.17, 15) is 4.79 Å². The fourth-order valence-corrected chi connectivity index (χ4v) is 2.15. The number of carbonyl (C=O) groups excluding carboxylic acids is 1. The van der Waals surface area contributed by atoms with Gasteiger partial charge in [0.1, 0.15) is 12.4 Å². The fourth-order valence-electron chi connectivity index (χ4n) is 2.15. The zero-order chi connectivity index (χ0) is 15.9. The topological polar surface area (TPSA) is 29.5 Å². The molecule has 0 radical (unpaired) electrons. The number of rotatable bonds is 6. The molecule has 3 heteroatoms. The fraction of sp³-hybridized carbons (Fsp3) is 0.316. The van der Waals surface area contributed by atoms with Crippen LogP contribution in [0.5, 0.6) is 5.75 Å². The molecule has 3 nitrogen and oxygen atoms in total. The van der Waals surface area contributed by atoms with E-state index < -0.39 is 0 Å². The maximum Gasteiger partial charge on any atom is 0.253 e. The Morgan fingerprint density at radius 2 is 1.68 bits per heavy atom. The van der Waals surface area contributed by atoms with E-state index in [4.69, 9.17) is 4.74 Å². The number of likely N-dealkylation sites (N-methyl/N-ethyl adjacent to an activating group) is 1. The van der Waals surface area contributed by atoms with Crippen molar-refractivity contribution in [3.05, 3.63) is 65.7 Å². The first-order chi connectivity index (χ1) is 10.6. The van der Waals surface area contributed by atoms with Crippen LogP contribution < -0.4 is 4.74 Å². The summed E-state index contributed by atoms with van der Waals surface area (Å²) in [4.78, 5) is 14.0. The highest BCUT2D eigenvalue weighted by atomic mass is 16.5. The molecular weight excluding hydrogens is 274 g/mol. The van der Waals surface area contributed by atoms with Crippen LogP contribution in [0.2, 0.25) is 0 Å². The molecule has 0 atom stereocenters. The predicted molar refractivity (Wildman–Crippen MR) is 89.4 cm³/mol. The van der Waals surface area contributed by atoms with Gasteiger partial charge in [-0.25, -0.2) is 0 Å². The number of para-hydroxylation sites is 1. The number of amides is 1. The van der Waals surface area contributed by atoms with Crippen molar-refractivity contribution < 1.29 is 9.53 Å². The molecule has 0 fully saturated rings. The Morgan fingerprint density at radius 3 is 2.27 bits per heavy atom. The van der Waals surface area contributed by atoms with E-state index in [0.717, 1.165) is 5.75 Å². The van der Waals surface area contributed by atoms with Gasteiger partial charge in [0, 0.05) is 12.6 Å². The Balaban J connectivity index is 1.86. The lowest BCUT2D eigenvalue weighted by Crippen LogP contribution is -2.30. The molecule has 0 saturated heterocycles. The predicted octanol–water partition coefficient (Wildman–Crippen LogP) is 3.96. The zero-order valence-electron chi connectivity index (χ0n) is 13.5. The first kappa shape index (κ1) is 16.1. The third-order valence-electron chi connectivity index (χ3n) is 3.61. The molecule has 2 aromatic carbocycles. The molecule has 0 aliphatic heterocycles. The van der Waals surface area contributed by atoms with E-state index in [1.165, 1.54) is 5.56 Å². The Labute approximate surface area is 132 Å². The van der Waals surface area contributed by atoms with Crippen LogP contribution in [0.3, 0.4) is 0 Å². The maximum absolute atomic E-state index is 12.3. The second kappa shape index (κ2) is 7.64. The first-order valence-electron chi connectivity index (χ1n) is 7.61. The van der Waals surface area contributed by atoms with Crippen LogP contribution >= 0.6 is 0 Å². The summed E-state index contributed by atoms with van der Waals surface area (Å²) in [6.07, 6.45) is 0. The van der Waals surface area contributed by atoms with Gasteiger partial charge in [0.05, 0.1) is 6.54 Å². The molecule has 0 aromatic heterocycles. The van der Waals surface area contributed by atoms with Crippen LogP contribution in [0.4, 0.5) is 0 Å². The van der Waals surface area contributed by atoms with Crippen molar-refractivity contribution in [1.29, 1.82) is 0 Å². The Kier molecular flexibility index (Phi) is 5.59. The number of hydrogen-bond acceptors (Lipinski definition) is 2. The van der Waals surface area contributed by atoms with Gasteiger partial charge in [-0.2, -0.15) is 0 Å². The van der Waals surface area contributed by atoms with Gasteiger partial charge in [0.25, 0.3) is 5.91 Å². The van der Waals surface area contributed by atoms with Crippen LogP contribution in [-0.4, -0.2) is 31.0 Å². The first-order valence-corrected chi connectivity index (χ1v) is 7.61. The molecule has 0 unspecified atom stereocenters. The molecule has 0 N–H and O–H groups in total. The average molecular weight is 297 g/mol. The number of carbonyl (C=O) groups is 1. The van der Waals surface area contributed by atoms with Gasteiger partial charge in [-0.05, 0) is 35.7 Å². The van der Waals surface area contributed by atoms with E-state index in [1.54, 1.807) is 11.9 Å². The third kappa shape index (κ3) is 4.35. The Morgan fingerprint density at radius 1 is 1.05 bits per heavy atom. The van der Waals surface area contributed by atoms with Gasteiger partial charge in [0.2, 0.25) is 0 Å². The van der Waals surface area contributed by atoms with Crippen LogP contribution in [0.15, 0.2) is 54.6 Å². The van der Waals surface area contributed by atoms with E-state index in [2.05, 4.69) is 13.8 Å². The summed E-state index contributed by atoms with van der Waals surface area (Å²) in [5.74, 6) is 1.32. The van der Waals surface area contributed by atoms with Crippen molar-refractivity contribution >= 4 is 5.91 Å². The summed E-state index contributed by atoms with van der Waals surface area (Å²) in [7, 11) is 1.80. The summed E-state index contributed by atoms with van der Waals surface area (Å²) < 4.78 is 5.62. The second-order valence-corrected chi connectivity index (χ2v) is 5.66. The summed E-state index contributed by atoms with van der Waals surface area (Å²) in [5.41, 5.74) is 1.96. The molecule has 116 valence electrons. The minimum atomic E-state index is 0.0203. The molecule has 0 heterocycles. The van der Waals surface area contributed by atoms with E-state index in [1.807, 2.05) is 54.6 Å². The van der Waals surface area contributed by atoms with E-state index >= 15 is 0 Å². The monoisotopic (exact) mass is 297 g/mol. The van der Waals surface area contributed by atoms with Gasteiger partial charge in [-0.3, -0.25) is 4.79 Å². The highest BCUT2D eigenvalue weighted by molar-refractivity contribution is 5.94. The smallest absolute Gasteiger partial charge is 0.253 e. The van der Waals surface area contributed by atoms with Gasteiger partial charge >= 0.3 is 0 Å². The summed E-state index contributed by atoms with van der Waals surface area (Å²) in [6.45, 7) is 5.32. The lowest BCUT2D eigenvalue weighted by Gasteiger charge is -2.18. The summed E-state index contributed by atoms with van der Waals surface area (Å²) >= 11 is 0. The SMILES string of the molecule is CC(C)c1ccc(C(=O)N(C)CCOc2ccccc2)cc1. The van der Waals surface area contributed by atoms with Crippen LogP contribution in [0, 0.1) is 0 Å². The average Bonchev–Trinajstić information content (AvgIpc) is 2.55. The van der Waals surface area contributed by atoms with Crippen LogP contribution in [0.25, 0.3) is 0 Å². The maximum atomic E-state index is 12.3. The second-order valence-electron chi connectivity index (χ2n) is 5.66. The quantitative estimate of drug-likeness (QED) is 0.807. The van der Waals surface area contributed by atoms with Crippen LogP contribution in [-0.2, 0) is 0 Å². The normalized spacial score (nSPS) is 10.5.